The van der Waals surface area contributed by atoms with Crippen molar-refractivity contribution in [3.05, 3.63) is 258 Å². The van der Waals surface area contributed by atoms with Crippen molar-refractivity contribution < 1.29 is 0 Å². The Balaban J connectivity index is 0.912. The molecule has 0 spiro atoms. The van der Waals surface area contributed by atoms with Crippen LogP contribution < -0.4 is 4.90 Å². The lowest BCUT2D eigenvalue weighted by atomic mass is 9.86. The molecule has 2 unspecified atom stereocenters. The van der Waals surface area contributed by atoms with E-state index in [9.17, 15) is 0 Å². The van der Waals surface area contributed by atoms with E-state index in [4.69, 9.17) is 0 Å². The minimum absolute atomic E-state index is 0.0956. The van der Waals surface area contributed by atoms with Gasteiger partial charge in [-0.3, -0.25) is 0 Å². The highest BCUT2D eigenvalue weighted by Gasteiger charge is 2.25. The molecule has 2 atom stereocenters. The molecule has 0 N–H and O–H groups in total. The summed E-state index contributed by atoms with van der Waals surface area (Å²) >= 11 is 1.84. The minimum Gasteiger partial charge on any atom is -0.325 e. The van der Waals surface area contributed by atoms with Crippen LogP contribution in [0.4, 0.5) is 11.4 Å². The van der Waals surface area contributed by atoms with E-state index in [1.54, 1.807) is 0 Å². The molecule has 0 saturated heterocycles. The van der Waals surface area contributed by atoms with Crippen molar-refractivity contribution in [2.75, 3.05) is 4.90 Å². The molecule has 0 radical (unpaired) electrons. The number of anilines is 2. The smallest absolute Gasteiger partial charge is 0.103 e. The predicted molar refractivity (Wildman–Crippen MR) is 265 cm³/mol. The van der Waals surface area contributed by atoms with Crippen LogP contribution in [0.2, 0.25) is 0 Å². The van der Waals surface area contributed by atoms with Crippen LogP contribution in [0.5, 0.6) is 0 Å². The zero-order valence-corrected chi connectivity index (χ0v) is 35.1. The summed E-state index contributed by atoms with van der Waals surface area (Å²) in [7, 11) is 0. The van der Waals surface area contributed by atoms with Crippen LogP contribution in [0.25, 0.3) is 61.6 Å². The second kappa shape index (κ2) is 16.6. The molecule has 11 rings (SSSR count). The molecule has 0 fully saturated rings. The maximum absolute atomic E-state index is 2.46. The van der Waals surface area contributed by atoms with E-state index in [0.29, 0.717) is 5.92 Å². The van der Waals surface area contributed by atoms with Gasteiger partial charge in [-0.25, -0.2) is 0 Å². The van der Waals surface area contributed by atoms with E-state index in [-0.39, 0.29) is 5.37 Å². The lowest BCUT2D eigenvalue weighted by Gasteiger charge is -2.33. The van der Waals surface area contributed by atoms with Gasteiger partial charge in [-0.2, -0.15) is 0 Å². The number of allylic oxidation sites excluding steroid dienone is 3. The van der Waals surface area contributed by atoms with Gasteiger partial charge in [0.05, 0.1) is 5.52 Å². The molecular formula is C59H44N2S. The summed E-state index contributed by atoms with van der Waals surface area (Å²) in [6, 6.07) is 77.0. The molecule has 2 aliphatic rings. The van der Waals surface area contributed by atoms with Crippen LogP contribution in [0.3, 0.4) is 0 Å². The van der Waals surface area contributed by atoms with E-state index >= 15 is 0 Å². The molecule has 0 amide bonds. The van der Waals surface area contributed by atoms with E-state index in [2.05, 4.69) is 252 Å². The molecule has 0 bridgehead atoms. The normalized spacial score (nSPS) is 15.6. The van der Waals surface area contributed by atoms with Crippen molar-refractivity contribution >= 4 is 45.7 Å². The number of benzene rings is 8. The summed E-state index contributed by atoms with van der Waals surface area (Å²) in [6.07, 6.45) is 10.3. The zero-order chi connectivity index (χ0) is 41.2. The third kappa shape index (κ3) is 7.31. The average Bonchev–Trinajstić information content (AvgIpc) is 3.69. The van der Waals surface area contributed by atoms with Crippen LogP contribution in [0.15, 0.2) is 236 Å². The van der Waals surface area contributed by atoms with E-state index in [1.165, 1.54) is 77.9 Å². The first-order valence-corrected chi connectivity index (χ1v) is 22.4. The van der Waals surface area contributed by atoms with E-state index in [1.807, 2.05) is 11.8 Å². The van der Waals surface area contributed by atoms with E-state index < -0.39 is 0 Å². The fourth-order valence-electron chi connectivity index (χ4n) is 9.14. The van der Waals surface area contributed by atoms with Gasteiger partial charge in [0.1, 0.15) is 5.37 Å². The molecule has 1 aliphatic carbocycles. The summed E-state index contributed by atoms with van der Waals surface area (Å²) in [5.41, 5.74) is 18.5. The Morgan fingerprint density at radius 3 is 1.52 bits per heavy atom. The van der Waals surface area contributed by atoms with Crippen molar-refractivity contribution in [3.8, 4) is 39.1 Å². The molecule has 296 valence electrons. The Labute approximate surface area is 368 Å². The highest BCUT2D eigenvalue weighted by molar-refractivity contribution is 8.03. The summed E-state index contributed by atoms with van der Waals surface area (Å²) in [5, 5.41) is 3.72. The number of thioether (sulfide) groups is 1. The molecule has 9 aromatic rings. The maximum Gasteiger partial charge on any atom is 0.103 e. The second-order valence-electron chi connectivity index (χ2n) is 16.1. The van der Waals surface area contributed by atoms with Gasteiger partial charge >= 0.3 is 0 Å². The van der Waals surface area contributed by atoms with Gasteiger partial charge in [0.15, 0.2) is 0 Å². The quantitative estimate of drug-likeness (QED) is 0.143. The Morgan fingerprint density at radius 1 is 0.452 bits per heavy atom. The molecule has 0 saturated carbocycles. The van der Waals surface area contributed by atoms with Gasteiger partial charge in [-0.1, -0.05) is 182 Å². The van der Waals surface area contributed by atoms with Gasteiger partial charge in [0.2, 0.25) is 0 Å². The highest BCUT2D eigenvalue weighted by atomic mass is 32.2. The van der Waals surface area contributed by atoms with Crippen molar-refractivity contribution in [1.82, 2.24) is 4.57 Å². The number of hydrogen-bond donors (Lipinski definition) is 0. The highest BCUT2D eigenvalue weighted by Crippen LogP contribution is 2.42. The third-order valence-corrected chi connectivity index (χ3v) is 13.4. The minimum atomic E-state index is 0.0956. The van der Waals surface area contributed by atoms with Crippen molar-refractivity contribution in [2.24, 2.45) is 0 Å². The Hall–Kier alpha value is -7.33. The van der Waals surface area contributed by atoms with Gasteiger partial charge in [-0.05, 0) is 122 Å². The maximum atomic E-state index is 2.46. The summed E-state index contributed by atoms with van der Waals surface area (Å²) in [5.74, 6) is 0.342. The topological polar surface area (TPSA) is 8.17 Å². The Morgan fingerprint density at radius 2 is 0.952 bits per heavy atom. The summed E-state index contributed by atoms with van der Waals surface area (Å²) in [4.78, 5) is 2.44. The molecule has 2 heterocycles. The third-order valence-electron chi connectivity index (χ3n) is 12.4. The van der Waals surface area contributed by atoms with Gasteiger partial charge in [0, 0.05) is 34.1 Å². The van der Waals surface area contributed by atoms with Gasteiger partial charge < -0.3 is 9.47 Å². The lowest BCUT2D eigenvalue weighted by molar-refractivity contribution is 0.825. The van der Waals surface area contributed by atoms with Crippen LogP contribution in [-0.4, -0.2) is 9.94 Å². The predicted octanol–water partition coefficient (Wildman–Crippen LogP) is 15.8. The number of nitrogens with zero attached hydrogens (tertiary/aromatic N) is 2. The monoisotopic (exact) mass is 812 g/mol. The van der Waals surface area contributed by atoms with Crippen molar-refractivity contribution in [3.63, 3.8) is 0 Å². The second-order valence-corrected chi connectivity index (χ2v) is 17.1. The molecule has 8 aromatic carbocycles. The van der Waals surface area contributed by atoms with Crippen LogP contribution in [0, 0.1) is 0 Å². The van der Waals surface area contributed by atoms with Gasteiger partial charge in [-0.15, -0.1) is 11.8 Å². The molecule has 3 heteroatoms. The molecular weight excluding hydrogens is 769 g/mol. The SMILES string of the molecule is C1=CC(N(c2ccc(-c3ccccc3)cc2)c2ccc(-c3ccc(-n4c5c(c6cc(-c7ccccc7)ccc64)CC(c4ccccc4)C=C5)cc3)cc2)SC=C1c1ccccc1. The number of hydrogen-bond acceptors (Lipinski definition) is 2. The van der Waals surface area contributed by atoms with E-state index in [0.717, 1.165) is 17.8 Å². The van der Waals surface area contributed by atoms with Crippen molar-refractivity contribution in [1.29, 1.82) is 0 Å². The fraction of sp³-hybridized carbons (Fsp3) is 0.0508. The van der Waals surface area contributed by atoms with Crippen LogP contribution >= 0.6 is 11.8 Å². The molecule has 2 nitrogen and oxygen atoms in total. The summed E-state index contributed by atoms with van der Waals surface area (Å²) < 4.78 is 2.46. The average molecular weight is 813 g/mol. The first kappa shape index (κ1) is 37.7. The summed E-state index contributed by atoms with van der Waals surface area (Å²) in [6.45, 7) is 0. The Bertz CT molecular complexity index is 3070. The zero-order valence-electron chi connectivity index (χ0n) is 34.3. The first-order chi connectivity index (χ1) is 30.7. The lowest BCUT2D eigenvalue weighted by Crippen LogP contribution is -2.27. The standard InChI is InChI=1S/C59H44N2S/c1-5-13-42(14-6-1)46-21-30-52(31-22-46)60(59-38-29-51(41-62-59)45-19-11-4-12-20-45)53-32-23-47(24-33-53)48-25-34-54(35-26-48)61-57-36-27-49(43-15-7-2-8-16-43)39-55(57)56-40-50(28-37-58(56)61)44-17-9-3-10-18-44/h1-39,41,50,59H,40H2. The molecule has 1 aliphatic heterocycles. The number of aromatic nitrogens is 1. The molecule has 62 heavy (non-hydrogen) atoms. The molecule has 1 aromatic heterocycles. The number of rotatable bonds is 9. The largest absolute Gasteiger partial charge is 0.325 e. The van der Waals surface area contributed by atoms with Crippen molar-refractivity contribution in [2.45, 2.75) is 17.7 Å². The fourth-order valence-corrected chi connectivity index (χ4v) is 10.2. The number of fused-ring (bicyclic) bond motifs is 3. The van der Waals surface area contributed by atoms with Crippen LogP contribution in [-0.2, 0) is 6.42 Å². The Kier molecular flexibility index (Phi) is 10.1. The van der Waals surface area contributed by atoms with Crippen LogP contribution in [0.1, 0.15) is 28.3 Å². The first-order valence-electron chi connectivity index (χ1n) is 21.4. The van der Waals surface area contributed by atoms with Gasteiger partial charge in [0.25, 0.3) is 0 Å².